The number of carbonyl (C=O) groups is 1. The molecule has 4 rings (SSSR count). The van der Waals surface area contributed by atoms with Gasteiger partial charge >= 0.3 is 5.97 Å². The molecule has 0 aliphatic rings. The highest BCUT2D eigenvalue weighted by molar-refractivity contribution is 7.92. The van der Waals surface area contributed by atoms with E-state index in [0.717, 1.165) is 15.6 Å². The molecule has 0 bridgehead atoms. The fourth-order valence-electron chi connectivity index (χ4n) is 3.66. The van der Waals surface area contributed by atoms with Gasteiger partial charge in [0.25, 0.3) is 0 Å². The first kappa shape index (κ1) is 28.3. The van der Waals surface area contributed by atoms with Crippen LogP contribution in [-0.4, -0.2) is 40.9 Å². The third-order valence-electron chi connectivity index (χ3n) is 5.73. The highest BCUT2D eigenvalue weighted by atomic mass is 32.2. The maximum Gasteiger partial charge on any atom is 0.312 e. The van der Waals surface area contributed by atoms with Crippen LogP contribution in [0.2, 0.25) is 0 Å². The van der Waals surface area contributed by atoms with E-state index in [-0.39, 0.29) is 5.75 Å². The Hall–Kier alpha value is -4.76. The first-order chi connectivity index (χ1) is 18.9. The largest absolute Gasteiger partial charge is 0.443 e. The summed E-state index contributed by atoms with van der Waals surface area (Å²) in [7, 11) is -2.20. The number of nitriles is 1. The van der Waals surface area contributed by atoms with Crippen LogP contribution in [0, 0.1) is 16.7 Å². The molecule has 0 saturated carbocycles. The molecule has 0 aliphatic heterocycles. The summed E-state index contributed by atoms with van der Waals surface area (Å²) < 4.78 is 35.2. The van der Waals surface area contributed by atoms with Gasteiger partial charge < -0.3 is 10.1 Å². The molecule has 40 heavy (non-hydrogen) atoms. The van der Waals surface area contributed by atoms with Gasteiger partial charge in [-0.3, -0.25) is 9.48 Å². The van der Waals surface area contributed by atoms with Crippen LogP contribution in [0.3, 0.4) is 0 Å². The molecule has 0 unspecified atom stereocenters. The van der Waals surface area contributed by atoms with Gasteiger partial charge in [-0.15, -0.1) is 0 Å². The Bertz CT molecular complexity index is 1650. The van der Waals surface area contributed by atoms with Crippen LogP contribution in [0.15, 0.2) is 73.2 Å². The predicted octanol–water partition coefficient (Wildman–Crippen LogP) is 4.38. The summed E-state index contributed by atoms with van der Waals surface area (Å²) in [6.07, 6.45) is 5.07. The minimum absolute atomic E-state index is 0.310. The van der Waals surface area contributed by atoms with Crippen molar-refractivity contribution < 1.29 is 17.9 Å². The highest BCUT2D eigenvalue weighted by Gasteiger charge is 2.28. The maximum absolute atomic E-state index is 13.6. The predicted molar refractivity (Wildman–Crippen MR) is 151 cm³/mol. The second-order valence-electron chi connectivity index (χ2n) is 10.1. The number of aromatic nitrogens is 4. The number of anilines is 3. The third-order valence-corrected chi connectivity index (χ3v) is 7.42. The van der Waals surface area contributed by atoms with Gasteiger partial charge in [-0.2, -0.15) is 10.4 Å². The Labute approximate surface area is 233 Å². The molecule has 11 nitrogen and oxygen atoms in total. The highest BCUT2D eigenvalue weighted by Crippen LogP contribution is 2.27. The van der Waals surface area contributed by atoms with E-state index >= 15 is 0 Å². The monoisotopic (exact) mass is 559 g/mol. The van der Waals surface area contributed by atoms with Crippen LogP contribution >= 0.6 is 0 Å². The van der Waals surface area contributed by atoms with Crippen molar-refractivity contribution in [3.8, 4) is 17.3 Å². The number of rotatable bonds is 9. The summed E-state index contributed by atoms with van der Waals surface area (Å²) in [5.41, 5.74) is 2.38. The van der Waals surface area contributed by atoms with Gasteiger partial charge in [-0.05, 0) is 56.7 Å². The topological polar surface area (TPSA) is 143 Å². The second-order valence-corrected chi connectivity index (χ2v) is 12.0. The number of esters is 1. The fourth-order valence-corrected chi connectivity index (χ4v) is 5.07. The number of sulfonamides is 1. The van der Waals surface area contributed by atoms with Crippen molar-refractivity contribution in [2.45, 2.75) is 26.5 Å². The summed E-state index contributed by atoms with van der Waals surface area (Å²) in [5, 5.41) is 16.4. The van der Waals surface area contributed by atoms with Gasteiger partial charge in [0, 0.05) is 25.0 Å². The lowest BCUT2D eigenvalue weighted by Crippen LogP contribution is -2.37. The zero-order valence-electron chi connectivity index (χ0n) is 22.6. The molecule has 0 radical (unpaired) electrons. The average Bonchev–Trinajstić information content (AvgIpc) is 3.32. The molecule has 206 valence electrons. The van der Waals surface area contributed by atoms with E-state index in [2.05, 4.69) is 20.4 Å². The molecule has 1 N–H and O–H groups in total. The van der Waals surface area contributed by atoms with E-state index in [1.54, 1.807) is 99.6 Å². The maximum atomic E-state index is 13.6. The molecule has 4 aromatic rings. The van der Waals surface area contributed by atoms with Gasteiger partial charge in [-0.1, -0.05) is 24.3 Å². The average molecular weight is 560 g/mol. The molecule has 0 spiro atoms. The number of ether oxygens (including phenoxy) is 1. The Morgan fingerprint density at radius 3 is 2.55 bits per heavy atom. The molecular weight excluding hydrogens is 530 g/mol. The lowest BCUT2D eigenvalue weighted by Gasteiger charge is -2.26. The molecule has 0 amide bonds. The van der Waals surface area contributed by atoms with Crippen LogP contribution in [0.25, 0.3) is 11.3 Å². The summed E-state index contributed by atoms with van der Waals surface area (Å²) >= 11 is 0. The lowest BCUT2D eigenvalue weighted by molar-refractivity contribution is -0.152. The van der Waals surface area contributed by atoms with Crippen molar-refractivity contribution >= 4 is 33.3 Å². The Morgan fingerprint density at radius 1 is 1.15 bits per heavy atom. The van der Waals surface area contributed by atoms with Crippen molar-refractivity contribution in [3.05, 3.63) is 84.3 Å². The summed E-state index contributed by atoms with van der Waals surface area (Å²) in [6, 6.07) is 16.8. The Kier molecular flexibility index (Phi) is 8.16. The smallest absolute Gasteiger partial charge is 0.312 e. The Balaban J connectivity index is 1.61. The van der Waals surface area contributed by atoms with Gasteiger partial charge in [0.05, 0.1) is 46.1 Å². The van der Waals surface area contributed by atoms with Gasteiger partial charge in [0.1, 0.15) is 0 Å². The SMILES string of the molecule is Cn1cc(Nc2nccc(-c3ccc(N(COC(=O)C(C)(C)C)S(=O)(=O)Cc4cccc(C#N)c4)cc3)n2)cn1. The Morgan fingerprint density at radius 2 is 1.90 bits per heavy atom. The molecule has 2 heterocycles. The van der Waals surface area contributed by atoms with E-state index in [1.807, 2.05) is 6.07 Å². The minimum atomic E-state index is -4.01. The number of hydrogen-bond donors (Lipinski definition) is 1. The number of aryl methyl sites for hydroxylation is 1. The number of nitrogens with one attached hydrogen (secondary N) is 1. The van der Waals surface area contributed by atoms with E-state index in [0.29, 0.717) is 28.5 Å². The van der Waals surface area contributed by atoms with Gasteiger partial charge in [0.2, 0.25) is 16.0 Å². The number of carbonyl (C=O) groups excluding carboxylic acids is 1. The van der Waals surface area contributed by atoms with Crippen molar-refractivity contribution in [2.24, 2.45) is 12.5 Å². The molecule has 2 aromatic carbocycles. The van der Waals surface area contributed by atoms with E-state index < -0.39 is 28.1 Å². The van der Waals surface area contributed by atoms with Crippen molar-refractivity contribution in [1.82, 2.24) is 19.7 Å². The quantitative estimate of drug-likeness (QED) is 0.233. The van der Waals surface area contributed by atoms with Crippen molar-refractivity contribution in [2.75, 3.05) is 16.4 Å². The lowest BCUT2D eigenvalue weighted by atomic mass is 9.98. The summed E-state index contributed by atoms with van der Waals surface area (Å²) in [6.45, 7) is 4.57. The molecule has 0 atom stereocenters. The summed E-state index contributed by atoms with van der Waals surface area (Å²) in [4.78, 5) is 21.3. The van der Waals surface area contributed by atoms with Crippen LogP contribution in [-0.2, 0) is 32.4 Å². The zero-order chi connectivity index (χ0) is 28.9. The van der Waals surface area contributed by atoms with Crippen LogP contribution in [0.5, 0.6) is 0 Å². The summed E-state index contributed by atoms with van der Waals surface area (Å²) in [5.74, 6) is -0.537. The number of benzene rings is 2. The molecule has 12 heteroatoms. The first-order valence-electron chi connectivity index (χ1n) is 12.3. The molecule has 0 fully saturated rings. The molecule has 0 saturated heterocycles. The standard InChI is InChI=1S/C28H29N7O4S/c1-28(2,3)26(36)39-19-35(40(37,38)18-21-7-5-6-20(14-21)15-29)24-10-8-22(9-11-24)25-12-13-30-27(33-25)32-23-16-31-34(4)17-23/h5-14,16-17H,18-19H2,1-4H3,(H,30,32,33). The molecule has 0 aliphatic carbocycles. The van der Waals surface area contributed by atoms with E-state index in [4.69, 9.17) is 4.74 Å². The number of nitrogens with zero attached hydrogens (tertiary/aromatic N) is 6. The molecular formula is C28H29N7O4S. The second kappa shape index (κ2) is 11.5. The van der Waals surface area contributed by atoms with Crippen molar-refractivity contribution in [1.29, 1.82) is 5.26 Å². The van der Waals surface area contributed by atoms with Crippen molar-refractivity contribution in [3.63, 3.8) is 0 Å². The van der Waals surface area contributed by atoms with E-state index in [1.165, 1.54) is 6.07 Å². The fraction of sp³-hybridized carbons (Fsp3) is 0.250. The normalized spacial score (nSPS) is 11.5. The zero-order valence-corrected chi connectivity index (χ0v) is 23.4. The third kappa shape index (κ3) is 7.00. The van der Waals surface area contributed by atoms with Gasteiger partial charge in [0.15, 0.2) is 6.73 Å². The first-order valence-corrected chi connectivity index (χ1v) is 13.9. The van der Waals surface area contributed by atoms with Crippen LogP contribution in [0.1, 0.15) is 31.9 Å². The minimum Gasteiger partial charge on any atom is -0.443 e. The van der Waals surface area contributed by atoms with E-state index in [9.17, 15) is 18.5 Å². The van der Waals surface area contributed by atoms with Gasteiger partial charge in [-0.25, -0.2) is 22.7 Å². The van der Waals surface area contributed by atoms with Crippen LogP contribution in [0.4, 0.5) is 17.3 Å². The number of hydrogen-bond acceptors (Lipinski definition) is 9. The van der Waals surface area contributed by atoms with Crippen LogP contribution < -0.4 is 9.62 Å². The molecule has 2 aromatic heterocycles.